The number of aryl methyl sites for hydroxylation is 1. The normalized spacial score (nSPS) is 13.4. The van der Waals surface area contributed by atoms with E-state index in [-0.39, 0.29) is 17.4 Å². The van der Waals surface area contributed by atoms with Gasteiger partial charge in [-0.2, -0.15) is 0 Å². The molecule has 0 aromatic heterocycles. The van der Waals surface area contributed by atoms with Crippen LogP contribution in [0.5, 0.6) is 0 Å². The number of hydrogen-bond donors (Lipinski definition) is 2. The Morgan fingerprint density at radius 3 is 2.50 bits per heavy atom. The van der Waals surface area contributed by atoms with Crippen molar-refractivity contribution in [2.75, 3.05) is 13.2 Å². The molecule has 0 radical (unpaired) electrons. The summed E-state index contributed by atoms with van der Waals surface area (Å²) in [4.78, 5) is 0.217. The van der Waals surface area contributed by atoms with Gasteiger partial charge in [-0.3, -0.25) is 0 Å². The summed E-state index contributed by atoms with van der Waals surface area (Å²) in [5.41, 5.74) is 0.961. The van der Waals surface area contributed by atoms with E-state index in [1.807, 2.05) is 13.8 Å². The van der Waals surface area contributed by atoms with Crippen molar-refractivity contribution >= 4 is 41.9 Å². The molecule has 0 aliphatic heterocycles. The highest BCUT2D eigenvalue weighted by molar-refractivity contribution is 9.11. The number of nitrogens with one attached hydrogen (secondary N) is 1. The van der Waals surface area contributed by atoms with Crippen molar-refractivity contribution in [1.82, 2.24) is 4.72 Å². The second kappa shape index (κ2) is 7.89. The van der Waals surface area contributed by atoms with Gasteiger partial charge < -0.3 is 5.11 Å². The molecule has 1 aromatic carbocycles. The van der Waals surface area contributed by atoms with Gasteiger partial charge in [-0.15, -0.1) is 0 Å². The van der Waals surface area contributed by atoms with Gasteiger partial charge in [-0.25, -0.2) is 13.1 Å². The molecule has 0 saturated heterocycles. The minimum atomic E-state index is -3.56. The first-order valence-electron chi connectivity index (χ1n) is 6.38. The minimum absolute atomic E-state index is 0.0695. The summed E-state index contributed by atoms with van der Waals surface area (Å²) in [6.45, 7) is 4.28. The molecule has 7 heteroatoms. The van der Waals surface area contributed by atoms with Crippen LogP contribution < -0.4 is 4.72 Å². The third kappa shape index (κ3) is 4.80. The van der Waals surface area contributed by atoms with Gasteiger partial charge in [0.2, 0.25) is 10.0 Å². The van der Waals surface area contributed by atoms with Crippen LogP contribution in [-0.2, 0) is 10.0 Å². The molecular formula is C13H19Br2NO3S. The fraction of sp³-hybridized carbons (Fsp3) is 0.538. The number of hydrogen-bond acceptors (Lipinski definition) is 3. The lowest BCUT2D eigenvalue weighted by molar-refractivity contribution is 0.254. The largest absolute Gasteiger partial charge is 0.396 e. The van der Waals surface area contributed by atoms with Crippen LogP contribution in [0, 0.1) is 12.8 Å². The number of aliphatic hydroxyl groups excluding tert-OH is 1. The molecule has 0 amide bonds. The number of rotatable bonds is 7. The van der Waals surface area contributed by atoms with Crippen LogP contribution >= 0.6 is 31.9 Å². The molecule has 0 aliphatic rings. The molecule has 0 fully saturated rings. The van der Waals surface area contributed by atoms with Crippen molar-refractivity contribution in [3.63, 3.8) is 0 Å². The van der Waals surface area contributed by atoms with Crippen LogP contribution in [0.2, 0.25) is 0 Å². The van der Waals surface area contributed by atoms with E-state index >= 15 is 0 Å². The van der Waals surface area contributed by atoms with Gasteiger partial charge in [0.25, 0.3) is 0 Å². The van der Waals surface area contributed by atoms with Gasteiger partial charge in [0.05, 0.1) is 4.90 Å². The maximum absolute atomic E-state index is 12.3. The Bertz CT molecular complexity index is 561. The predicted molar refractivity (Wildman–Crippen MR) is 87.3 cm³/mol. The highest BCUT2D eigenvalue weighted by Crippen LogP contribution is 2.28. The molecule has 0 bridgehead atoms. The van der Waals surface area contributed by atoms with E-state index in [0.717, 1.165) is 16.5 Å². The first-order chi connectivity index (χ1) is 9.31. The molecule has 1 aromatic rings. The van der Waals surface area contributed by atoms with Crippen LogP contribution in [0.25, 0.3) is 0 Å². The Kier molecular flexibility index (Phi) is 7.14. The van der Waals surface area contributed by atoms with Crippen molar-refractivity contribution in [3.8, 4) is 0 Å². The van der Waals surface area contributed by atoms with Crippen molar-refractivity contribution in [3.05, 3.63) is 26.6 Å². The summed E-state index contributed by atoms with van der Waals surface area (Å²) >= 11 is 6.64. The highest BCUT2D eigenvalue weighted by atomic mass is 79.9. The lowest BCUT2D eigenvalue weighted by atomic mass is 10.0. The summed E-state index contributed by atoms with van der Waals surface area (Å²) in [6.07, 6.45) is 1.42. The quantitative estimate of drug-likeness (QED) is 0.700. The summed E-state index contributed by atoms with van der Waals surface area (Å²) in [5, 5.41) is 8.93. The fourth-order valence-corrected chi connectivity index (χ4v) is 4.56. The van der Waals surface area contributed by atoms with Gasteiger partial charge in [0.15, 0.2) is 0 Å². The molecule has 0 spiro atoms. The van der Waals surface area contributed by atoms with E-state index in [1.54, 1.807) is 12.1 Å². The van der Waals surface area contributed by atoms with E-state index in [9.17, 15) is 8.42 Å². The van der Waals surface area contributed by atoms with Crippen molar-refractivity contribution in [2.24, 2.45) is 5.92 Å². The Morgan fingerprint density at radius 1 is 1.30 bits per heavy atom. The van der Waals surface area contributed by atoms with Crippen molar-refractivity contribution in [2.45, 2.75) is 31.6 Å². The van der Waals surface area contributed by atoms with Crippen LogP contribution in [-0.4, -0.2) is 26.7 Å². The van der Waals surface area contributed by atoms with Crippen molar-refractivity contribution < 1.29 is 13.5 Å². The van der Waals surface area contributed by atoms with Gasteiger partial charge in [-0.1, -0.05) is 29.3 Å². The van der Waals surface area contributed by atoms with E-state index < -0.39 is 10.0 Å². The first kappa shape index (κ1) is 18.1. The smallest absolute Gasteiger partial charge is 0.241 e. The maximum Gasteiger partial charge on any atom is 0.241 e. The topological polar surface area (TPSA) is 66.4 Å². The molecule has 1 atom stereocenters. The summed E-state index contributed by atoms with van der Waals surface area (Å²) < 4.78 is 28.5. The van der Waals surface area contributed by atoms with E-state index in [2.05, 4.69) is 36.6 Å². The Morgan fingerprint density at radius 2 is 1.95 bits per heavy atom. The van der Waals surface area contributed by atoms with Gasteiger partial charge >= 0.3 is 0 Å². The Labute approximate surface area is 137 Å². The molecule has 4 nitrogen and oxygen atoms in total. The van der Waals surface area contributed by atoms with E-state index in [4.69, 9.17) is 5.11 Å². The van der Waals surface area contributed by atoms with Crippen LogP contribution in [0.15, 0.2) is 26.0 Å². The Balaban J connectivity index is 2.92. The average Bonchev–Trinajstić information content (AvgIpc) is 2.38. The number of aliphatic hydroxyl groups is 1. The predicted octanol–water partition coefficient (Wildman–Crippen LogP) is 3.21. The molecule has 0 aliphatic carbocycles. The second-order valence-corrected chi connectivity index (χ2v) is 8.11. The molecule has 2 N–H and O–H groups in total. The average molecular weight is 429 g/mol. The Hall–Kier alpha value is 0.0500. The lowest BCUT2D eigenvalue weighted by Crippen LogP contribution is -2.30. The zero-order chi connectivity index (χ0) is 15.3. The third-order valence-electron chi connectivity index (χ3n) is 3.18. The fourth-order valence-electron chi connectivity index (χ4n) is 1.77. The lowest BCUT2D eigenvalue weighted by Gasteiger charge is -2.15. The monoisotopic (exact) mass is 427 g/mol. The zero-order valence-corrected chi connectivity index (χ0v) is 15.5. The SMILES string of the molecule is CCC(CCO)CNS(=O)(=O)c1cc(Br)c(C)cc1Br. The standard InChI is InChI=1S/C13H19Br2NO3S/c1-3-10(4-5-17)8-16-20(18,19)13-7-11(14)9(2)6-12(13)15/h6-7,10,16-17H,3-5,8H2,1-2H3. The van der Waals surface area contributed by atoms with Gasteiger partial charge in [0, 0.05) is 22.1 Å². The van der Waals surface area contributed by atoms with Crippen LogP contribution in [0.3, 0.4) is 0 Å². The molecule has 0 saturated carbocycles. The first-order valence-corrected chi connectivity index (χ1v) is 9.45. The molecule has 114 valence electrons. The van der Waals surface area contributed by atoms with Crippen LogP contribution in [0.4, 0.5) is 0 Å². The summed E-state index contributed by atoms with van der Waals surface area (Å²) in [7, 11) is -3.56. The van der Waals surface area contributed by atoms with E-state index in [0.29, 0.717) is 17.4 Å². The number of benzene rings is 1. The molecule has 1 unspecified atom stereocenters. The molecular weight excluding hydrogens is 410 g/mol. The maximum atomic E-state index is 12.3. The number of halogens is 2. The second-order valence-electron chi connectivity index (χ2n) is 4.67. The highest BCUT2D eigenvalue weighted by Gasteiger charge is 2.20. The number of sulfonamides is 1. The third-order valence-corrected chi connectivity index (χ3v) is 6.42. The van der Waals surface area contributed by atoms with Gasteiger partial charge in [-0.05, 0) is 52.9 Å². The zero-order valence-electron chi connectivity index (χ0n) is 11.5. The molecule has 1 rings (SSSR count). The molecule has 0 heterocycles. The van der Waals surface area contributed by atoms with E-state index in [1.165, 1.54) is 0 Å². The summed E-state index contributed by atoms with van der Waals surface area (Å²) in [6, 6.07) is 3.36. The van der Waals surface area contributed by atoms with Crippen LogP contribution in [0.1, 0.15) is 25.3 Å². The molecule has 20 heavy (non-hydrogen) atoms. The minimum Gasteiger partial charge on any atom is -0.396 e. The van der Waals surface area contributed by atoms with Gasteiger partial charge in [0.1, 0.15) is 0 Å². The van der Waals surface area contributed by atoms with Crippen molar-refractivity contribution in [1.29, 1.82) is 0 Å². The summed E-state index contributed by atoms with van der Waals surface area (Å²) in [5.74, 6) is 0.141.